The third-order valence-electron chi connectivity index (χ3n) is 2.96. The van der Waals surface area contributed by atoms with Crippen molar-refractivity contribution in [2.45, 2.75) is 19.8 Å². The summed E-state index contributed by atoms with van der Waals surface area (Å²) >= 11 is 3.31. The average molecular weight is 298 g/mol. The number of carbonyl (C=O) groups excluding carboxylic acids is 1. The Morgan fingerprint density at radius 2 is 2.35 bits per heavy atom. The molecule has 4 nitrogen and oxygen atoms in total. The number of rotatable bonds is 4. The van der Waals surface area contributed by atoms with Crippen LogP contribution in [0.3, 0.4) is 0 Å². The lowest BCUT2D eigenvalue weighted by Crippen LogP contribution is -2.33. The van der Waals surface area contributed by atoms with Gasteiger partial charge in [0.15, 0.2) is 0 Å². The molecule has 5 heteroatoms. The zero-order valence-corrected chi connectivity index (χ0v) is 11.4. The number of nitrogens with zero attached hydrogens (tertiary/aromatic N) is 2. The van der Waals surface area contributed by atoms with Crippen molar-refractivity contribution in [3.8, 4) is 0 Å². The molecule has 1 amide bonds. The minimum Gasteiger partial charge on any atom is -0.383 e. The molecule has 0 aliphatic heterocycles. The van der Waals surface area contributed by atoms with E-state index in [-0.39, 0.29) is 5.91 Å². The van der Waals surface area contributed by atoms with Gasteiger partial charge in [0.25, 0.3) is 5.91 Å². The van der Waals surface area contributed by atoms with Gasteiger partial charge in [-0.25, -0.2) is 4.98 Å². The highest BCUT2D eigenvalue weighted by atomic mass is 79.9. The van der Waals surface area contributed by atoms with Crippen molar-refractivity contribution in [1.82, 2.24) is 9.88 Å². The summed E-state index contributed by atoms with van der Waals surface area (Å²) in [6, 6.07) is 1.74. The predicted octanol–water partition coefficient (Wildman–Crippen LogP) is 2.30. The molecule has 1 aromatic heterocycles. The lowest BCUT2D eigenvalue weighted by Gasteiger charge is -2.21. The lowest BCUT2D eigenvalue weighted by atomic mass is 10.2. The number of anilines is 1. The summed E-state index contributed by atoms with van der Waals surface area (Å²) < 4.78 is 0.775. The molecule has 0 spiro atoms. The van der Waals surface area contributed by atoms with Gasteiger partial charge in [0.2, 0.25) is 0 Å². The quantitative estimate of drug-likeness (QED) is 0.928. The maximum atomic E-state index is 12.3. The number of aromatic nitrogens is 1. The summed E-state index contributed by atoms with van der Waals surface area (Å²) in [5.74, 6) is 0.957. The van der Waals surface area contributed by atoms with Crippen molar-refractivity contribution in [2.75, 3.05) is 18.8 Å². The number of halogens is 1. The zero-order valence-electron chi connectivity index (χ0n) is 9.82. The monoisotopic (exact) mass is 297 g/mol. The summed E-state index contributed by atoms with van der Waals surface area (Å²) in [4.78, 5) is 18.1. The van der Waals surface area contributed by atoms with E-state index in [1.165, 1.54) is 12.8 Å². The van der Waals surface area contributed by atoms with Crippen LogP contribution < -0.4 is 5.73 Å². The third-order valence-corrected chi connectivity index (χ3v) is 3.39. The van der Waals surface area contributed by atoms with Crippen LogP contribution in [-0.2, 0) is 0 Å². The summed E-state index contributed by atoms with van der Waals surface area (Å²) in [5, 5.41) is 0. The molecule has 1 aromatic rings. The maximum Gasteiger partial charge on any atom is 0.257 e. The first-order valence-electron chi connectivity index (χ1n) is 5.82. The van der Waals surface area contributed by atoms with Gasteiger partial charge in [-0.15, -0.1) is 0 Å². The molecule has 0 bridgehead atoms. The Morgan fingerprint density at radius 3 is 2.94 bits per heavy atom. The molecule has 1 fully saturated rings. The second-order valence-corrected chi connectivity index (χ2v) is 5.29. The molecule has 0 atom stereocenters. The Bertz CT molecular complexity index is 432. The lowest BCUT2D eigenvalue weighted by molar-refractivity contribution is 0.0757. The standard InChI is InChI=1S/C12H16BrN3O/c1-2-16(7-8-3-4-8)12(17)10-5-9(13)6-15-11(10)14/h5-6,8H,2-4,7H2,1H3,(H2,14,15). The van der Waals surface area contributed by atoms with Crippen LogP contribution in [0.4, 0.5) is 5.82 Å². The normalized spacial score (nSPS) is 14.7. The SMILES string of the molecule is CCN(CC1CC1)C(=O)c1cc(Br)cnc1N. The van der Waals surface area contributed by atoms with Crippen LogP contribution in [0.15, 0.2) is 16.7 Å². The van der Waals surface area contributed by atoms with Gasteiger partial charge in [-0.2, -0.15) is 0 Å². The molecule has 0 saturated heterocycles. The Kier molecular flexibility index (Phi) is 3.66. The summed E-state index contributed by atoms with van der Waals surface area (Å²) in [6.45, 7) is 3.53. The number of nitrogens with two attached hydrogens (primary N) is 1. The van der Waals surface area contributed by atoms with E-state index in [0.717, 1.165) is 11.0 Å². The summed E-state index contributed by atoms with van der Waals surface area (Å²) in [6.07, 6.45) is 4.06. The smallest absolute Gasteiger partial charge is 0.257 e. The first-order chi connectivity index (χ1) is 8.11. The van der Waals surface area contributed by atoms with Crippen LogP contribution in [0.1, 0.15) is 30.1 Å². The maximum absolute atomic E-state index is 12.3. The topological polar surface area (TPSA) is 59.2 Å². The number of hydrogen-bond donors (Lipinski definition) is 1. The van der Waals surface area contributed by atoms with Gasteiger partial charge in [0.05, 0.1) is 5.56 Å². The van der Waals surface area contributed by atoms with Crippen molar-refractivity contribution in [1.29, 1.82) is 0 Å². The molecule has 2 rings (SSSR count). The zero-order chi connectivity index (χ0) is 12.4. The fourth-order valence-electron chi connectivity index (χ4n) is 1.76. The van der Waals surface area contributed by atoms with Crippen LogP contribution in [0.2, 0.25) is 0 Å². The van der Waals surface area contributed by atoms with Gasteiger partial charge in [-0.05, 0) is 47.7 Å². The van der Waals surface area contributed by atoms with Crippen molar-refractivity contribution in [3.05, 3.63) is 22.3 Å². The van der Waals surface area contributed by atoms with Gasteiger partial charge in [-0.3, -0.25) is 4.79 Å². The van der Waals surface area contributed by atoms with E-state index >= 15 is 0 Å². The van der Waals surface area contributed by atoms with Crippen molar-refractivity contribution >= 4 is 27.7 Å². The van der Waals surface area contributed by atoms with Gasteiger partial charge in [0, 0.05) is 23.8 Å². The molecular formula is C12H16BrN3O. The van der Waals surface area contributed by atoms with E-state index in [1.54, 1.807) is 12.3 Å². The highest BCUT2D eigenvalue weighted by molar-refractivity contribution is 9.10. The highest BCUT2D eigenvalue weighted by Gasteiger charge is 2.27. The van der Waals surface area contributed by atoms with E-state index in [1.807, 2.05) is 11.8 Å². The first kappa shape index (κ1) is 12.4. The molecule has 1 aliphatic rings. The van der Waals surface area contributed by atoms with Gasteiger partial charge >= 0.3 is 0 Å². The average Bonchev–Trinajstić information content (AvgIpc) is 3.12. The minimum atomic E-state index is -0.0225. The molecule has 1 heterocycles. The van der Waals surface area contributed by atoms with Gasteiger partial charge in [-0.1, -0.05) is 0 Å². The molecular weight excluding hydrogens is 282 g/mol. The molecule has 0 unspecified atom stereocenters. The molecule has 92 valence electrons. The predicted molar refractivity (Wildman–Crippen MR) is 70.7 cm³/mol. The van der Waals surface area contributed by atoms with Crippen LogP contribution in [-0.4, -0.2) is 28.9 Å². The van der Waals surface area contributed by atoms with Gasteiger partial charge < -0.3 is 10.6 Å². The molecule has 0 radical (unpaired) electrons. The number of pyridine rings is 1. The molecule has 1 saturated carbocycles. The van der Waals surface area contributed by atoms with Crippen LogP contribution in [0.25, 0.3) is 0 Å². The Balaban J connectivity index is 2.18. The molecule has 17 heavy (non-hydrogen) atoms. The molecule has 1 aliphatic carbocycles. The van der Waals surface area contributed by atoms with E-state index in [9.17, 15) is 4.79 Å². The van der Waals surface area contributed by atoms with Gasteiger partial charge in [0.1, 0.15) is 5.82 Å². The highest BCUT2D eigenvalue weighted by Crippen LogP contribution is 2.30. The number of nitrogen functional groups attached to an aromatic ring is 1. The largest absolute Gasteiger partial charge is 0.383 e. The van der Waals surface area contributed by atoms with E-state index in [2.05, 4.69) is 20.9 Å². The van der Waals surface area contributed by atoms with E-state index in [0.29, 0.717) is 23.8 Å². The van der Waals surface area contributed by atoms with Crippen LogP contribution >= 0.6 is 15.9 Å². The molecule has 2 N–H and O–H groups in total. The second kappa shape index (κ2) is 5.04. The van der Waals surface area contributed by atoms with Crippen molar-refractivity contribution in [3.63, 3.8) is 0 Å². The third kappa shape index (κ3) is 2.97. The summed E-state index contributed by atoms with van der Waals surface area (Å²) in [5.41, 5.74) is 6.24. The summed E-state index contributed by atoms with van der Waals surface area (Å²) in [7, 11) is 0. The van der Waals surface area contributed by atoms with Crippen LogP contribution in [0, 0.1) is 5.92 Å². The Labute approximate surface area is 109 Å². The molecule has 0 aromatic carbocycles. The number of hydrogen-bond acceptors (Lipinski definition) is 3. The Hall–Kier alpha value is -1.10. The second-order valence-electron chi connectivity index (χ2n) is 4.37. The van der Waals surface area contributed by atoms with Crippen molar-refractivity contribution < 1.29 is 4.79 Å². The van der Waals surface area contributed by atoms with E-state index < -0.39 is 0 Å². The fourth-order valence-corrected chi connectivity index (χ4v) is 2.09. The first-order valence-corrected chi connectivity index (χ1v) is 6.61. The number of carbonyl (C=O) groups is 1. The number of amides is 1. The van der Waals surface area contributed by atoms with E-state index in [4.69, 9.17) is 5.73 Å². The fraction of sp³-hybridized carbons (Fsp3) is 0.500. The minimum absolute atomic E-state index is 0.0225. The Morgan fingerprint density at radius 1 is 1.65 bits per heavy atom. The van der Waals surface area contributed by atoms with Crippen LogP contribution in [0.5, 0.6) is 0 Å². The van der Waals surface area contributed by atoms with Crippen molar-refractivity contribution in [2.24, 2.45) is 5.92 Å².